The third-order valence-electron chi connectivity index (χ3n) is 5.48. The Morgan fingerprint density at radius 1 is 1.04 bits per heavy atom. The summed E-state index contributed by atoms with van der Waals surface area (Å²) in [5.74, 6) is 0.838. The van der Waals surface area contributed by atoms with Gasteiger partial charge in [0.1, 0.15) is 12.4 Å². The van der Waals surface area contributed by atoms with Gasteiger partial charge in [-0.2, -0.15) is 0 Å². The van der Waals surface area contributed by atoms with Crippen molar-refractivity contribution in [1.82, 2.24) is 15.1 Å². The van der Waals surface area contributed by atoms with E-state index in [1.165, 1.54) is 6.42 Å². The summed E-state index contributed by atoms with van der Waals surface area (Å²) in [6.07, 6.45) is 1.22. The summed E-state index contributed by atoms with van der Waals surface area (Å²) in [6.45, 7) is 6.21. The number of piperazine rings is 1. The predicted molar refractivity (Wildman–Crippen MR) is 106 cm³/mol. The van der Waals surface area contributed by atoms with Crippen LogP contribution in [0.15, 0.2) is 54.6 Å². The molecule has 1 N–H and O–H groups in total. The van der Waals surface area contributed by atoms with Crippen molar-refractivity contribution in [3.63, 3.8) is 0 Å². The standard InChI is InChI=1S/C22H27N3O2/c26-22(25-13-11-24(12-14-25)20-9-10-23-16-20)19-7-4-8-21(15-19)27-17-18-5-2-1-3-6-18/h1-8,15,20,23H,9-14,16-17H2. The average Bonchev–Trinajstić information content (AvgIpc) is 3.28. The van der Waals surface area contributed by atoms with Gasteiger partial charge in [-0.25, -0.2) is 0 Å². The number of hydrogen-bond acceptors (Lipinski definition) is 4. The second-order valence-corrected chi connectivity index (χ2v) is 7.28. The summed E-state index contributed by atoms with van der Waals surface area (Å²) in [4.78, 5) is 17.4. The summed E-state index contributed by atoms with van der Waals surface area (Å²) in [5.41, 5.74) is 1.82. The molecule has 2 heterocycles. The topological polar surface area (TPSA) is 44.8 Å². The van der Waals surface area contributed by atoms with E-state index in [1.807, 2.05) is 59.5 Å². The number of rotatable bonds is 5. The molecule has 0 spiro atoms. The van der Waals surface area contributed by atoms with E-state index in [2.05, 4.69) is 10.2 Å². The molecule has 0 saturated carbocycles. The molecule has 27 heavy (non-hydrogen) atoms. The minimum Gasteiger partial charge on any atom is -0.489 e. The van der Waals surface area contributed by atoms with E-state index in [0.29, 0.717) is 18.2 Å². The van der Waals surface area contributed by atoms with E-state index in [1.54, 1.807) is 0 Å². The van der Waals surface area contributed by atoms with Crippen LogP contribution in [-0.4, -0.2) is 61.0 Å². The van der Waals surface area contributed by atoms with Gasteiger partial charge < -0.3 is 15.0 Å². The maximum Gasteiger partial charge on any atom is 0.254 e. The molecule has 1 unspecified atom stereocenters. The molecule has 1 amide bonds. The molecule has 2 aliphatic rings. The van der Waals surface area contributed by atoms with E-state index in [0.717, 1.165) is 50.6 Å². The van der Waals surface area contributed by atoms with Crippen LogP contribution in [0, 0.1) is 0 Å². The average molecular weight is 365 g/mol. The highest BCUT2D eigenvalue weighted by Gasteiger charge is 2.28. The van der Waals surface area contributed by atoms with Gasteiger partial charge in [0, 0.05) is 44.3 Å². The molecule has 0 aromatic heterocycles. The summed E-state index contributed by atoms with van der Waals surface area (Å²) in [6, 6.07) is 18.2. The highest BCUT2D eigenvalue weighted by atomic mass is 16.5. The van der Waals surface area contributed by atoms with Crippen molar-refractivity contribution in [2.24, 2.45) is 0 Å². The number of amides is 1. The zero-order chi connectivity index (χ0) is 18.5. The highest BCUT2D eigenvalue weighted by Crippen LogP contribution is 2.18. The Kier molecular flexibility index (Phi) is 5.70. The molecule has 0 aliphatic carbocycles. The van der Waals surface area contributed by atoms with Gasteiger partial charge in [0.25, 0.3) is 5.91 Å². The first-order chi connectivity index (χ1) is 13.3. The van der Waals surface area contributed by atoms with Crippen LogP contribution in [0.2, 0.25) is 0 Å². The molecule has 0 bridgehead atoms. The van der Waals surface area contributed by atoms with Gasteiger partial charge in [0.2, 0.25) is 0 Å². The van der Waals surface area contributed by atoms with Crippen molar-refractivity contribution in [3.05, 3.63) is 65.7 Å². The predicted octanol–water partition coefficient (Wildman–Crippen LogP) is 2.39. The molecule has 142 valence electrons. The molecule has 1 atom stereocenters. The second-order valence-electron chi connectivity index (χ2n) is 7.28. The fraction of sp³-hybridized carbons (Fsp3) is 0.409. The third-order valence-corrected chi connectivity index (χ3v) is 5.48. The lowest BCUT2D eigenvalue weighted by Gasteiger charge is -2.37. The van der Waals surface area contributed by atoms with Gasteiger partial charge in [-0.05, 0) is 36.7 Å². The van der Waals surface area contributed by atoms with Crippen molar-refractivity contribution in [3.8, 4) is 5.75 Å². The Morgan fingerprint density at radius 3 is 2.59 bits per heavy atom. The van der Waals surface area contributed by atoms with E-state index in [4.69, 9.17) is 4.74 Å². The maximum atomic E-state index is 12.9. The van der Waals surface area contributed by atoms with Gasteiger partial charge in [0.05, 0.1) is 0 Å². The molecule has 0 radical (unpaired) electrons. The van der Waals surface area contributed by atoms with E-state index >= 15 is 0 Å². The Bertz CT molecular complexity index is 751. The van der Waals surface area contributed by atoms with E-state index < -0.39 is 0 Å². The molecule has 2 aliphatic heterocycles. The number of carbonyl (C=O) groups excluding carboxylic acids is 1. The third kappa shape index (κ3) is 4.49. The van der Waals surface area contributed by atoms with Crippen LogP contribution in [-0.2, 0) is 6.61 Å². The van der Waals surface area contributed by atoms with Gasteiger partial charge >= 0.3 is 0 Å². The SMILES string of the molecule is O=C(c1cccc(OCc2ccccc2)c1)N1CCN(C2CCNC2)CC1. The highest BCUT2D eigenvalue weighted by molar-refractivity contribution is 5.94. The summed E-state index contributed by atoms with van der Waals surface area (Å²) in [7, 11) is 0. The molecular weight excluding hydrogens is 338 g/mol. The monoisotopic (exact) mass is 365 g/mol. The lowest BCUT2D eigenvalue weighted by Crippen LogP contribution is -2.52. The van der Waals surface area contributed by atoms with Crippen molar-refractivity contribution in [2.75, 3.05) is 39.3 Å². The number of carbonyl (C=O) groups is 1. The van der Waals surface area contributed by atoms with Crippen LogP contribution in [0.4, 0.5) is 0 Å². The molecule has 4 rings (SSSR count). The number of hydrogen-bond donors (Lipinski definition) is 1. The largest absolute Gasteiger partial charge is 0.489 e. The Hall–Kier alpha value is -2.37. The molecule has 2 fully saturated rings. The molecule has 2 aromatic carbocycles. The zero-order valence-corrected chi connectivity index (χ0v) is 15.6. The maximum absolute atomic E-state index is 12.9. The first kappa shape index (κ1) is 18.0. The smallest absolute Gasteiger partial charge is 0.254 e. The molecule has 2 saturated heterocycles. The lowest BCUT2D eigenvalue weighted by atomic mass is 10.1. The van der Waals surface area contributed by atoms with Crippen molar-refractivity contribution >= 4 is 5.91 Å². The van der Waals surface area contributed by atoms with Crippen LogP contribution < -0.4 is 10.1 Å². The fourth-order valence-corrected chi connectivity index (χ4v) is 3.88. The minimum atomic E-state index is 0.101. The van der Waals surface area contributed by atoms with Gasteiger partial charge in [-0.15, -0.1) is 0 Å². The van der Waals surface area contributed by atoms with Crippen LogP contribution >= 0.6 is 0 Å². The van der Waals surface area contributed by atoms with Crippen LogP contribution in [0.25, 0.3) is 0 Å². The van der Waals surface area contributed by atoms with Crippen molar-refractivity contribution < 1.29 is 9.53 Å². The van der Waals surface area contributed by atoms with E-state index in [9.17, 15) is 4.79 Å². The zero-order valence-electron chi connectivity index (χ0n) is 15.6. The number of ether oxygens (including phenoxy) is 1. The van der Waals surface area contributed by atoms with Crippen LogP contribution in [0.1, 0.15) is 22.3 Å². The number of nitrogens with zero attached hydrogens (tertiary/aromatic N) is 2. The van der Waals surface area contributed by atoms with Crippen molar-refractivity contribution in [2.45, 2.75) is 19.1 Å². The second kappa shape index (κ2) is 8.55. The van der Waals surface area contributed by atoms with Crippen LogP contribution in [0.5, 0.6) is 5.75 Å². The summed E-state index contributed by atoms with van der Waals surface area (Å²) >= 11 is 0. The van der Waals surface area contributed by atoms with Gasteiger partial charge in [0.15, 0.2) is 0 Å². The summed E-state index contributed by atoms with van der Waals surface area (Å²) in [5, 5.41) is 3.42. The minimum absolute atomic E-state index is 0.101. The van der Waals surface area contributed by atoms with Gasteiger partial charge in [-0.3, -0.25) is 9.69 Å². The molecular formula is C22H27N3O2. The Labute approximate surface area is 160 Å². The molecule has 5 nitrogen and oxygen atoms in total. The normalized spacial score (nSPS) is 20.6. The van der Waals surface area contributed by atoms with Crippen LogP contribution in [0.3, 0.4) is 0 Å². The molecule has 2 aromatic rings. The van der Waals surface area contributed by atoms with Crippen molar-refractivity contribution in [1.29, 1.82) is 0 Å². The first-order valence-corrected chi connectivity index (χ1v) is 9.80. The van der Waals surface area contributed by atoms with E-state index in [-0.39, 0.29) is 5.91 Å². The quantitative estimate of drug-likeness (QED) is 0.884. The Balaban J connectivity index is 1.33. The number of nitrogens with one attached hydrogen (secondary N) is 1. The first-order valence-electron chi connectivity index (χ1n) is 9.80. The lowest BCUT2D eigenvalue weighted by molar-refractivity contribution is 0.0583. The number of benzene rings is 2. The summed E-state index contributed by atoms with van der Waals surface area (Å²) < 4.78 is 5.87. The molecule has 5 heteroatoms. The Morgan fingerprint density at radius 2 is 1.85 bits per heavy atom. The van der Waals surface area contributed by atoms with Gasteiger partial charge in [-0.1, -0.05) is 36.4 Å². The fourth-order valence-electron chi connectivity index (χ4n) is 3.88.